The number of hydrogen-bond donors (Lipinski definition) is 1. The van der Waals surface area contributed by atoms with Crippen LogP contribution in [0.15, 0.2) is 33.7 Å². The van der Waals surface area contributed by atoms with Crippen LogP contribution in [0.2, 0.25) is 0 Å². The fourth-order valence-electron chi connectivity index (χ4n) is 3.20. The summed E-state index contributed by atoms with van der Waals surface area (Å²) in [5.41, 5.74) is 0.815. The van der Waals surface area contributed by atoms with E-state index in [1.807, 2.05) is 36.2 Å². The second-order valence-corrected chi connectivity index (χ2v) is 8.31. The molecule has 2 aliphatic rings. The van der Waals surface area contributed by atoms with E-state index >= 15 is 0 Å². The lowest BCUT2D eigenvalue weighted by atomic mass is 10.1. The molecule has 1 heterocycles. The predicted molar refractivity (Wildman–Crippen MR) is 113 cm³/mol. The number of hydrogen-bond acceptors (Lipinski definition) is 3. The molecule has 1 aliphatic carbocycles. The van der Waals surface area contributed by atoms with Crippen LogP contribution in [0.4, 0.5) is 5.69 Å². The molecule has 1 N–H and O–H groups in total. The number of halogens is 2. The van der Waals surface area contributed by atoms with Gasteiger partial charge in [-0.05, 0) is 40.9 Å². The summed E-state index contributed by atoms with van der Waals surface area (Å²) in [5.74, 6) is 0.793. The Balaban J connectivity index is 0.00000225. The van der Waals surface area contributed by atoms with Gasteiger partial charge in [0.05, 0.1) is 11.7 Å². The number of nitrogens with zero attached hydrogens (tertiary/aromatic N) is 2. The van der Waals surface area contributed by atoms with Gasteiger partial charge in [0.25, 0.3) is 0 Å². The zero-order valence-electron chi connectivity index (χ0n) is 14.4. The van der Waals surface area contributed by atoms with Crippen molar-refractivity contribution in [1.29, 1.82) is 0 Å². The molecular formula is C18H25BrClN3OS. The number of benzene rings is 1. The number of aliphatic imine (C=N–C) groups is 1. The van der Waals surface area contributed by atoms with Gasteiger partial charge in [0.1, 0.15) is 6.04 Å². The van der Waals surface area contributed by atoms with Crippen LogP contribution in [0.5, 0.6) is 0 Å². The Morgan fingerprint density at radius 3 is 2.60 bits per heavy atom. The van der Waals surface area contributed by atoms with Crippen LogP contribution < -0.4 is 5.32 Å². The highest BCUT2D eigenvalue weighted by Crippen LogP contribution is 2.28. The van der Waals surface area contributed by atoms with Crippen molar-refractivity contribution >= 4 is 56.9 Å². The molecule has 3 rings (SSSR count). The van der Waals surface area contributed by atoms with Crippen molar-refractivity contribution in [3.63, 3.8) is 0 Å². The molecule has 0 bridgehead atoms. The van der Waals surface area contributed by atoms with Crippen molar-refractivity contribution in [2.75, 3.05) is 18.1 Å². The fourth-order valence-corrected chi connectivity index (χ4v) is 4.82. The monoisotopic (exact) mass is 445 g/mol. The van der Waals surface area contributed by atoms with Gasteiger partial charge in [-0.3, -0.25) is 9.79 Å². The quantitative estimate of drug-likeness (QED) is 0.669. The summed E-state index contributed by atoms with van der Waals surface area (Å²) in [5, 5.41) is 4.04. The molecule has 25 heavy (non-hydrogen) atoms. The Labute approximate surface area is 168 Å². The van der Waals surface area contributed by atoms with Gasteiger partial charge < -0.3 is 10.2 Å². The van der Waals surface area contributed by atoms with Gasteiger partial charge in [-0.1, -0.05) is 49.6 Å². The SMILES string of the molecule is CN1C(=NC2CCCCCC2)SCC1C(=O)Nc1ccccc1Br.Cl. The summed E-state index contributed by atoms with van der Waals surface area (Å²) in [6, 6.07) is 7.97. The number of carbonyl (C=O) groups excluding carboxylic acids is 1. The van der Waals surface area contributed by atoms with E-state index in [9.17, 15) is 4.79 Å². The highest BCUT2D eigenvalue weighted by Gasteiger charge is 2.33. The van der Waals surface area contributed by atoms with Gasteiger partial charge in [0, 0.05) is 17.3 Å². The first-order chi connectivity index (χ1) is 11.6. The molecule has 7 heteroatoms. The van der Waals surface area contributed by atoms with Gasteiger partial charge in [0.2, 0.25) is 5.91 Å². The minimum Gasteiger partial charge on any atom is -0.342 e. The summed E-state index contributed by atoms with van der Waals surface area (Å²) < 4.78 is 0.902. The Morgan fingerprint density at radius 2 is 1.92 bits per heavy atom. The Morgan fingerprint density at radius 1 is 1.24 bits per heavy atom. The van der Waals surface area contributed by atoms with E-state index in [1.165, 1.54) is 38.5 Å². The van der Waals surface area contributed by atoms with Gasteiger partial charge >= 0.3 is 0 Å². The molecule has 0 aromatic heterocycles. The van der Waals surface area contributed by atoms with E-state index in [4.69, 9.17) is 4.99 Å². The molecule has 0 spiro atoms. The average molecular weight is 447 g/mol. The molecule has 138 valence electrons. The maximum absolute atomic E-state index is 12.6. The molecule has 2 fully saturated rings. The van der Waals surface area contributed by atoms with E-state index in [2.05, 4.69) is 21.2 Å². The second kappa shape index (κ2) is 9.83. The van der Waals surface area contributed by atoms with E-state index in [-0.39, 0.29) is 24.4 Å². The lowest BCUT2D eigenvalue weighted by Gasteiger charge is -2.21. The van der Waals surface area contributed by atoms with E-state index in [0.29, 0.717) is 6.04 Å². The van der Waals surface area contributed by atoms with Crippen molar-refractivity contribution in [3.8, 4) is 0 Å². The van der Waals surface area contributed by atoms with Gasteiger partial charge in [0.15, 0.2) is 5.17 Å². The highest BCUT2D eigenvalue weighted by molar-refractivity contribution is 9.10. The van der Waals surface area contributed by atoms with Gasteiger partial charge in [-0.15, -0.1) is 12.4 Å². The number of carbonyl (C=O) groups is 1. The molecule has 1 saturated carbocycles. The minimum atomic E-state index is -0.161. The van der Waals surface area contributed by atoms with Crippen LogP contribution in [0.3, 0.4) is 0 Å². The topological polar surface area (TPSA) is 44.7 Å². The molecule has 1 aromatic rings. The molecule has 1 amide bonds. The fraction of sp³-hybridized carbons (Fsp3) is 0.556. The lowest BCUT2D eigenvalue weighted by Crippen LogP contribution is -2.40. The number of thioether (sulfide) groups is 1. The van der Waals surface area contributed by atoms with Crippen molar-refractivity contribution in [1.82, 2.24) is 4.90 Å². The number of rotatable bonds is 3. The number of likely N-dealkylation sites (N-methyl/N-ethyl adjacent to an activating group) is 1. The number of nitrogens with one attached hydrogen (secondary N) is 1. The number of para-hydroxylation sites is 1. The first kappa shape index (κ1) is 20.6. The molecule has 4 nitrogen and oxygen atoms in total. The third kappa shape index (κ3) is 5.38. The predicted octanol–water partition coefficient (Wildman–Crippen LogP) is 4.94. The van der Waals surface area contributed by atoms with Crippen molar-refractivity contribution < 1.29 is 4.79 Å². The largest absolute Gasteiger partial charge is 0.342 e. The maximum atomic E-state index is 12.6. The van der Waals surface area contributed by atoms with Crippen LogP contribution >= 0.6 is 40.1 Å². The zero-order valence-corrected chi connectivity index (χ0v) is 17.6. The molecular weight excluding hydrogens is 422 g/mol. The smallest absolute Gasteiger partial charge is 0.248 e. The van der Waals surface area contributed by atoms with Gasteiger partial charge in [-0.25, -0.2) is 0 Å². The van der Waals surface area contributed by atoms with Crippen LogP contribution in [-0.2, 0) is 4.79 Å². The van der Waals surface area contributed by atoms with Crippen LogP contribution in [0.25, 0.3) is 0 Å². The number of amidine groups is 1. The summed E-state index contributed by atoms with van der Waals surface area (Å²) in [4.78, 5) is 19.6. The highest BCUT2D eigenvalue weighted by atomic mass is 79.9. The summed E-state index contributed by atoms with van der Waals surface area (Å²) in [6.45, 7) is 0. The standard InChI is InChI=1S/C18H24BrN3OS.ClH/c1-22-16(17(23)21-15-11-7-6-10-14(15)19)12-24-18(22)20-13-8-4-2-3-5-9-13;/h6-7,10-11,13,16H,2-5,8-9,12H2,1H3,(H,21,23);1H. The molecule has 0 radical (unpaired) electrons. The zero-order chi connectivity index (χ0) is 16.9. The van der Waals surface area contributed by atoms with E-state index in [1.54, 1.807) is 11.8 Å². The molecule has 1 unspecified atom stereocenters. The first-order valence-electron chi connectivity index (χ1n) is 8.64. The Hall–Kier alpha value is -0.720. The van der Waals surface area contributed by atoms with Crippen molar-refractivity contribution in [2.45, 2.75) is 50.6 Å². The second-order valence-electron chi connectivity index (χ2n) is 6.46. The van der Waals surface area contributed by atoms with Crippen molar-refractivity contribution in [3.05, 3.63) is 28.7 Å². The van der Waals surface area contributed by atoms with Gasteiger partial charge in [-0.2, -0.15) is 0 Å². The number of amides is 1. The Bertz CT molecular complexity index is 620. The van der Waals surface area contributed by atoms with Crippen LogP contribution in [0, 0.1) is 0 Å². The summed E-state index contributed by atoms with van der Waals surface area (Å²) in [7, 11) is 1.99. The summed E-state index contributed by atoms with van der Waals surface area (Å²) in [6.07, 6.45) is 7.60. The molecule has 1 aromatic carbocycles. The minimum absolute atomic E-state index is 0. The Kier molecular flexibility index (Phi) is 8.10. The normalized spacial score (nSPS) is 23.2. The van der Waals surface area contributed by atoms with E-state index in [0.717, 1.165) is 21.1 Å². The summed E-state index contributed by atoms with van der Waals surface area (Å²) >= 11 is 5.18. The molecule has 1 aliphatic heterocycles. The average Bonchev–Trinajstić information content (AvgIpc) is 2.77. The van der Waals surface area contributed by atoms with E-state index < -0.39 is 0 Å². The molecule has 1 atom stereocenters. The third-order valence-electron chi connectivity index (χ3n) is 4.69. The number of anilines is 1. The first-order valence-corrected chi connectivity index (χ1v) is 10.4. The maximum Gasteiger partial charge on any atom is 0.248 e. The van der Waals surface area contributed by atoms with Crippen LogP contribution in [0.1, 0.15) is 38.5 Å². The van der Waals surface area contributed by atoms with Crippen molar-refractivity contribution in [2.24, 2.45) is 4.99 Å². The molecule has 1 saturated heterocycles. The third-order valence-corrected chi connectivity index (χ3v) is 6.52. The van der Waals surface area contributed by atoms with Crippen LogP contribution in [-0.4, -0.2) is 40.9 Å². The lowest BCUT2D eigenvalue weighted by molar-refractivity contribution is -0.118.